The van der Waals surface area contributed by atoms with E-state index >= 15 is 0 Å². The van der Waals surface area contributed by atoms with Crippen molar-refractivity contribution in [2.75, 3.05) is 13.2 Å². The van der Waals surface area contributed by atoms with Crippen LogP contribution in [0.5, 0.6) is 0 Å². The maximum atomic E-state index is 13.4. The molecule has 0 bridgehead atoms. The number of hydrogen-bond acceptors (Lipinski definition) is 4. The molecule has 0 radical (unpaired) electrons. The van der Waals surface area contributed by atoms with Crippen molar-refractivity contribution in [2.24, 2.45) is 0 Å². The average Bonchev–Trinajstić information content (AvgIpc) is 3.42. The molecule has 0 spiro atoms. The number of fused-ring (bicyclic) bond motifs is 3. The van der Waals surface area contributed by atoms with Crippen LogP contribution in [0.4, 0.5) is 4.79 Å². The molecule has 186 valence electrons. The van der Waals surface area contributed by atoms with E-state index in [4.69, 9.17) is 4.74 Å². The molecular formula is C28H34N2O5. The number of nitrogens with zero attached hydrogens (tertiary/aromatic N) is 1. The predicted molar refractivity (Wildman–Crippen MR) is 133 cm³/mol. The summed E-state index contributed by atoms with van der Waals surface area (Å²) in [4.78, 5) is 39.9. The number of aliphatic carboxylic acids is 1. The van der Waals surface area contributed by atoms with Crippen LogP contribution in [0.25, 0.3) is 11.1 Å². The zero-order valence-corrected chi connectivity index (χ0v) is 20.5. The van der Waals surface area contributed by atoms with Crippen LogP contribution in [-0.2, 0) is 14.3 Å². The predicted octanol–water partition coefficient (Wildman–Crippen LogP) is 4.94. The maximum Gasteiger partial charge on any atom is 0.407 e. The lowest BCUT2D eigenvalue weighted by Gasteiger charge is -2.36. The first-order valence-electron chi connectivity index (χ1n) is 12.6. The summed E-state index contributed by atoms with van der Waals surface area (Å²) in [6.07, 6.45) is 2.57. The Morgan fingerprint density at radius 3 is 2.26 bits per heavy atom. The number of carbonyl (C=O) groups is 3. The van der Waals surface area contributed by atoms with Gasteiger partial charge in [-0.2, -0.15) is 0 Å². The quantitative estimate of drug-likeness (QED) is 0.532. The number of carboxylic acid groups (broad SMARTS) is 1. The van der Waals surface area contributed by atoms with E-state index in [1.54, 1.807) is 0 Å². The van der Waals surface area contributed by atoms with Crippen molar-refractivity contribution in [2.45, 2.75) is 69.9 Å². The van der Waals surface area contributed by atoms with Gasteiger partial charge in [0.1, 0.15) is 18.2 Å². The van der Waals surface area contributed by atoms with Crippen molar-refractivity contribution in [3.63, 3.8) is 0 Å². The second kappa shape index (κ2) is 10.5. The van der Waals surface area contributed by atoms with E-state index in [0.717, 1.165) is 22.3 Å². The fraction of sp³-hybridized carbons (Fsp3) is 0.464. The van der Waals surface area contributed by atoms with Crippen molar-refractivity contribution in [1.29, 1.82) is 0 Å². The van der Waals surface area contributed by atoms with Crippen molar-refractivity contribution >= 4 is 18.0 Å². The van der Waals surface area contributed by atoms with Crippen LogP contribution < -0.4 is 5.32 Å². The first-order chi connectivity index (χ1) is 16.9. The Labute approximate surface area is 206 Å². The Bertz CT molecular complexity index is 1050. The third-order valence-electron chi connectivity index (χ3n) is 7.33. The van der Waals surface area contributed by atoms with Crippen LogP contribution in [0.15, 0.2) is 48.5 Å². The number of rotatable bonds is 9. The summed E-state index contributed by atoms with van der Waals surface area (Å²) in [5.74, 6) is -1.38. The van der Waals surface area contributed by atoms with Gasteiger partial charge >= 0.3 is 12.1 Å². The minimum Gasteiger partial charge on any atom is -0.479 e. The molecule has 7 nitrogen and oxygen atoms in total. The monoisotopic (exact) mass is 478 g/mol. The summed E-state index contributed by atoms with van der Waals surface area (Å²) in [7, 11) is 0. The molecule has 1 aliphatic heterocycles. The van der Waals surface area contributed by atoms with Crippen LogP contribution in [0.2, 0.25) is 0 Å². The van der Waals surface area contributed by atoms with Gasteiger partial charge in [0.25, 0.3) is 0 Å². The lowest BCUT2D eigenvalue weighted by atomic mass is 9.90. The summed E-state index contributed by atoms with van der Waals surface area (Å²) in [5.41, 5.74) is 3.33. The molecule has 1 aliphatic carbocycles. The van der Waals surface area contributed by atoms with Crippen molar-refractivity contribution in [3.8, 4) is 11.1 Å². The topological polar surface area (TPSA) is 95.9 Å². The number of alkyl carbamates (subject to hydrolysis) is 1. The van der Waals surface area contributed by atoms with Crippen LogP contribution in [0.3, 0.4) is 0 Å². The van der Waals surface area contributed by atoms with Crippen molar-refractivity contribution in [3.05, 3.63) is 59.7 Å². The molecule has 2 aromatic rings. The maximum absolute atomic E-state index is 13.4. The highest BCUT2D eigenvalue weighted by atomic mass is 16.5. The Balaban J connectivity index is 1.45. The van der Waals surface area contributed by atoms with Gasteiger partial charge in [-0.1, -0.05) is 75.2 Å². The highest BCUT2D eigenvalue weighted by molar-refractivity contribution is 5.92. The van der Waals surface area contributed by atoms with Gasteiger partial charge in [-0.05, 0) is 47.9 Å². The summed E-state index contributed by atoms with van der Waals surface area (Å²) in [5, 5.41) is 12.7. The van der Waals surface area contributed by atoms with Crippen molar-refractivity contribution in [1.82, 2.24) is 10.2 Å². The van der Waals surface area contributed by atoms with Crippen molar-refractivity contribution < 1.29 is 24.2 Å². The highest BCUT2D eigenvalue weighted by Gasteiger charge is 2.50. The van der Waals surface area contributed by atoms with E-state index in [1.807, 2.05) is 38.1 Å². The molecule has 2 atom stereocenters. The SMILES string of the molecule is CCC[C@@H](NC(=O)OCC1c2ccccc2-c2ccccc21)C(=O)N1CCCC1(CCC)C(=O)O. The zero-order chi connectivity index (χ0) is 25.0. The first kappa shape index (κ1) is 24.8. The smallest absolute Gasteiger partial charge is 0.407 e. The summed E-state index contributed by atoms with van der Waals surface area (Å²) >= 11 is 0. The number of ether oxygens (including phenoxy) is 1. The van der Waals surface area contributed by atoms with E-state index in [2.05, 4.69) is 29.6 Å². The van der Waals surface area contributed by atoms with E-state index in [-0.39, 0.29) is 18.4 Å². The Hall–Kier alpha value is -3.35. The molecule has 2 aromatic carbocycles. The van der Waals surface area contributed by atoms with Crippen LogP contribution in [0, 0.1) is 0 Å². The van der Waals surface area contributed by atoms with E-state index in [0.29, 0.717) is 45.1 Å². The molecule has 2 aliphatic rings. The molecular weight excluding hydrogens is 444 g/mol. The summed E-state index contributed by atoms with van der Waals surface area (Å²) in [6.45, 7) is 4.40. The van der Waals surface area contributed by atoms with Gasteiger partial charge < -0.3 is 20.1 Å². The molecule has 35 heavy (non-hydrogen) atoms. The first-order valence-corrected chi connectivity index (χ1v) is 12.6. The molecule has 0 saturated carbocycles. The van der Waals surface area contributed by atoms with E-state index in [1.165, 1.54) is 4.90 Å². The number of amides is 2. The number of carboxylic acids is 1. The highest BCUT2D eigenvalue weighted by Crippen LogP contribution is 2.44. The lowest BCUT2D eigenvalue weighted by molar-refractivity contribution is -0.158. The number of benzene rings is 2. The molecule has 1 heterocycles. The second-order valence-corrected chi connectivity index (χ2v) is 9.49. The van der Waals surface area contributed by atoms with Crippen LogP contribution >= 0.6 is 0 Å². The van der Waals surface area contributed by atoms with Crippen LogP contribution in [0.1, 0.15) is 69.4 Å². The summed E-state index contributed by atoms with van der Waals surface area (Å²) in [6, 6.07) is 15.4. The van der Waals surface area contributed by atoms with Gasteiger partial charge in [-0.15, -0.1) is 0 Å². The summed E-state index contributed by atoms with van der Waals surface area (Å²) < 4.78 is 5.64. The third-order valence-corrected chi connectivity index (χ3v) is 7.33. The minimum atomic E-state index is -1.19. The third kappa shape index (κ3) is 4.64. The normalized spacial score (nSPS) is 19.7. The minimum absolute atomic E-state index is 0.0729. The Morgan fingerprint density at radius 1 is 1.06 bits per heavy atom. The number of hydrogen-bond donors (Lipinski definition) is 2. The standard InChI is InChI=1S/C28H34N2O5/c1-3-10-24(25(31)30-17-9-16-28(30,15-4-2)26(32)33)29-27(34)35-18-23-21-13-7-5-11-19(21)20-12-6-8-14-22(20)23/h5-8,11-14,23-24H,3-4,9-10,15-18H2,1-2H3,(H,29,34)(H,32,33)/t24-,28?/m1/s1. The molecule has 4 rings (SSSR count). The average molecular weight is 479 g/mol. The van der Waals surface area contributed by atoms with Gasteiger partial charge in [0.2, 0.25) is 5.91 Å². The van der Waals surface area contributed by atoms with Gasteiger partial charge in [0.05, 0.1) is 0 Å². The molecule has 0 aromatic heterocycles. The molecule has 1 saturated heterocycles. The molecule has 1 unspecified atom stereocenters. The van der Waals surface area contributed by atoms with E-state index in [9.17, 15) is 19.5 Å². The van der Waals surface area contributed by atoms with E-state index < -0.39 is 23.6 Å². The zero-order valence-electron chi connectivity index (χ0n) is 20.5. The molecule has 7 heteroatoms. The molecule has 2 N–H and O–H groups in total. The van der Waals surface area contributed by atoms with Gasteiger partial charge in [-0.3, -0.25) is 4.79 Å². The second-order valence-electron chi connectivity index (χ2n) is 9.49. The Kier molecular flexibility index (Phi) is 7.43. The molecule has 2 amide bonds. The van der Waals surface area contributed by atoms with Gasteiger partial charge in [0, 0.05) is 12.5 Å². The Morgan fingerprint density at radius 2 is 1.69 bits per heavy atom. The fourth-order valence-electron chi connectivity index (χ4n) is 5.72. The number of likely N-dealkylation sites (tertiary alicyclic amines) is 1. The van der Waals surface area contributed by atoms with Gasteiger partial charge in [0.15, 0.2) is 0 Å². The fourth-order valence-corrected chi connectivity index (χ4v) is 5.72. The number of nitrogens with one attached hydrogen (secondary N) is 1. The largest absolute Gasteiger partial charge is 0.479 e. The van der Waals surface area contributed by atoms with Gasteiger partial charge in [-0.25, -0.2) is 9.59 Å². The molecule has 1 fully saturated rings. The number of carbonyl (C=O) groups excluding carboxylic acids is 2. The van der Waals surface area contributed by atoms with Crippen LogP contribution in [-0.4, -0.2) is 52.7 Å². The lowest BCUT2D eigenvalue weighted by Crippen LogP contribution is -2.58.